The van der Waals surface area contributed by atoms with Crippen molar-refractivity contribution in [3.8, 4) is 11.5 Å². The lowest BCUT2D eigenvalue weighted by molar-refractivity contribution is 0.284. The molecule has 0 radical (unpaired) electrons. The van der Waals surface area contributed by atoms with E-state index in [9.17, 15) is 0 Å². The second-order valence-corrected chi connectivity index (χ2v) is 8.39. The SMILES string of the molecule is COc1c(C=CCN2CCc3nc(N)sc3CC2)cccc1OCc1ccccc1. The molecule has 0 unspecified atom stereocenters. The molecule has 2 heterocycles. The monoisotopic (exact) mass is 421 g/mol. The summed E-state index contributed by atoms with van der Waals surface area (Å²) in [6.45, 7) is 3.43. The molecule has 0 fully saturated rings. The molecule has 6 heteroatoms. The van der Waals surface area contributed by atoms with Gasteiger partial charge in [-0.1, -0.05) is 54.6 Å². The fourth-order valence-corrected chi connectivity index (χ4v) is 4.54. The minimum Gasteiger partial charge on any atom is -0.492 e. The van der Waals surface area contributed by atoms with Crippen LogP contribution < -0.4 is 15.2 Å². The van der Waals surface area contributed by atoms with E-state index in [1.54, 1.807) is 18.4 Å². The van der Waals surface area contributed by atoms with Gasteiger partial charge in [-0.05, 0) is 18.1 Å². The van der Waals surface area contributed by atoms with Crippen LogP contribution in [0.1, 0.15) is 21.7 Å². The van der Waals surface area contributed by atoms with Crippen LogP contribution >= 0.6 is 11.3 Å². The van der Waals surface area contributed by atoms with Gasteiger partial charge >= 0.3 is 0 Å². The van der Waals surface area contributed by atoms with E-state index < -0.39 is 0 Å². The quantitative estimate of drug-likeness (QED) is 0.612. The molecule has 0 aliphatic carbocycles. The van der Waals surface area contributed by atoms with Gasteiger partial charge in [0.2, 0.25) is 0 Å². The van der Waals surface area contributed by atoms with Crippen LogP contribution in [0.5, 0.6) is 11.5 Å². The Bertz CT molecular complexity index is 975. The average molecular weight is 422 g/mol. The van der Waals surface area contributed by atoms with E-state index >= 15 is 0 Å². The minimum absolute atomic E-state index is 0.515. The van der Waals surface area contributed by atoms with E-state index in [4.69, 9.17) is 15.2 Å². The Kier molecular flexibility index (Phi) is 6.67. The number of aromatic nitrogens is 1. The molecule has 30 heavy (non-hydrogen) atoms. The predicted octanol–water partition coefficient (Wildman–Crippen LogP) is 4.43. The highest BCUT2D eigenvalue weighted by Gasteiger charge is 2.16. The van der Waals surface area contributed by atoms with Crippen molar-refractivity contribution in [2.75, 3.05) is 32.5 Å². The first-order chi connectivity index (χ1) is 14.7. The molecular formula is C24H27N3O2S. The smallest absolute Gasteiger partial charge is 0.180 e. The van der Waals surface area contributed by atoms with E-state index in [0.717, 1.165) is 55.1 Å². The highest BCUT2D eigenvalue weighted by Crippen LogP contribution is 2.32. The lowest BCUT2D eigenvalue weighted by Gasteiger charge is -2.17. The lowest BCUT2D eigenvalue weighted by Crippen LogP contribution is -2.26. The van der Waals surface area contributed by atoms with Gasteiger partial charge in [0.1, 0.15) is 6.61 Å². The maximum absolute atomic E-state index is 6.02. The number of hydrogen-bond acceptors (Lipinski definition) is 6. The summed E-state index contributed by atoms with van der Waals surface area (Å²) in [6, 6.07) is 16.2. The van der Waals surface area contributed by atoms with Crippen molar-refractivity contribution in [3.63, 3.8) is 0 Å². The second-order valence-electron chi connectivity index (χ2n) is 7.28. The van der Waals surface area contributed by atoms with Gasteiger partial charge in [0, 0.05) is 36.5 Å². The summed E-state index contributed by atoms with van der Waals surface area (Å²) in [4.78, 5) is 8.25. The predicted molar refractivity (Wildman–Crippen MR) is 123 cm³/mol. The Labute approximate surface area is 181 Å². The number of thiazole rings is 1. The van der Waals surface area contributed by atoms with Gasteiger partial charge in [0.15, 0.2) is 16.6 Å². The zero-order valence-electron chi connectivity index (χ0n) is 17.2. The van der Waals surface area contributed by atoms with E-state index in [0.29, 0.717) is 11.7 Å². The van der Waals surface area contributed by atoms with Gasteiger partial charge in [-0.25, -0.2) is 4.98 Å². The van der Waals surface area contributed by atoms with E-state index in [1.807, 2.05) is 30.3 Å². The van der Waals surface area contributed by atoms with Gasteiger partial charge in [-0.15, -0.1) is 11.3 Å². The van der Waals surface area contributed by atoms with Crippen LogP contribution in [0, 0.1) is 0 Å². The molecule has 0 atom stereocenters. The Balaban J connectivity index is 1.37. The number of nitrogens with two attached hydrogens (primary N) is 1. The fourth-order valence-electron chi connectivity index (χ4n) is 3.67. The summed E-state index contributed by atoms with van der Waals surface area (Å²) in [5, 5.41) is 0.690. The molecular weight excluding hydrogens is 394 g/mol. The Morgan fingerprint density at radius 2 is 1.93 bits per heavy atom. The number of hydrogen-bond donors (Lipinski definition) is 1. The van der Waals surface area contributed by atoms with Crippen molar-refractivity contribution in [2.45, 2.75) is 19.4 Å². The number of anilines is 1. The molecule has 2 aromatic carbocycles. The summed E-state index contributed by atoms with van der Waals surface area (Å²) in [5.41, 5.74) is 9.17. The standard InChI is InChI=1S/C24H27N3O2S/c1-28-23-19(9-5-11-21(23)29-17-18-7-3-2-4-8-18)10-6-14-27-15-12-20-22(13-16-27)30-24(25)26-20/h2-11H,12-17H2,1H3,(H2,25,26). The fraction of sp³-hybridized carbons (Fsp3) is 0.292. The minimum atomic E-state index is 0.515. The van der Waals surface area contributed by atoms with E-state index in [2.05, 4.69) is 40.2 Å². The lowest BCUT2D eigenvalue weighted by atomic mass is 10.1. The number of fused-ring (bicyclic) bond motifs is 1. The topological polar surface area (TPSA) is 60.6 Å². The number of ether oxygens (including phenoxy) is 2. The van der Waals surface area contributed by atoms with Gasteiger partial charge in [0.25, 0.3) is 0 Å². The third kappa shape index (κ3) is 5.01. The van der Waals surface area contributed by atoms with Gasteiger partial charge in [-0.2, -0.15) is 0 Å². The summed E-state index contributed by atoms with van der Waals surface area (Å²) < 4.78 is 11.7. The molecule has 0 saturated carbocycles. The highest BCUT2D eigenvalue weighted by atomic mass is 32.1. The zero-order chi connectivity index (χ0) is 20.8. The molecule has 0 spiro atoms. The molecule has 0 bridgehead atoms. The number of para-hydroxylation sites is 1. The van der Waals surface area contributed by atoms with E-state index in [-0.39, 0.29) is 0 Å². The molecule has 156 valence electrons. The maximum Gasteiger partial charge on any atom is 0.180 e. The number of rotatable bonds is 7. The number of nitrogens with zero attached hydrogens (tertiary/aromatic N) is 2. The third-order valence-corrected chi connectivity index (χ3v) is 6.21. The van der Waals surface area contributed by atoms with Crippen LogP contribution in [0.4, 0.5) is 5.13 Å². The van der Waals surface area contributed by atoms with Crippen LogP contribution in [0.2, 0.25) is 0 Å². The van der Waals surface area contributed by atoms with Crippen LogP contribution in [-0.4, -0.2) is 36.6 Å². The first-order valence-corrected chi connectivity index (χ1v) is 11.0. The van der Waals surface area contributed by atoms with Gasteiger partial charge < -0.3 is 15.2 Å². The molecule has 5 nitrogen and oxygen atoms in total. The molecule has 1 aliphatic rings. The molecule has 2 N–H and O–H groups in total. The summed E-state index contributed by atoms with van der Waals surface area (Å²) in [5.74, 6) is 1.52. The van der Waals surface area contributed by atoms with E-state index in [1.165, 1.54) is 10.6 Å². The molecule has 4 rings (SSSR count). The number of nitrogen functional groups attached to an aromatic ring is 1. The molecule has 1 aliphatic heterocycles. The second kappa shape index (κ2) is 9.78. The van der Waals surface area contributed by atoms with Crippen LogP contribution in [-0.2, 0) is 19.4 Å². The molecule has 3 aromatic rings. The van der Waals surface area contributed by atoms with Gasteiger partial charge in [-0.3, -0.25) is 4.90 Å². The largest absolute Gasteiger partial charge is 0.492 e. The van der Waals surface area contributed by atoms with Crippen LogP contribution in [0.25, 0.3) is 6.08 Å². The normalized spacial score (nSPS) is 14.4. The Morgan fingerprint density at radius 1 is 1.10 bits per heavy atom. The van der Waals surface area contributed by atoms with Crippen LogP contribution in [0.15, 0.2) is 54.6 Å². The maximum atomic E-state index is 6.02. The number of methoxy groups -OCH3 is 1. The van der Waals surface area contributed by atoms with Crippen molar-refractivity contribution in [1.29, 1.82) is 0 Å². The summed E-state index contributed by atoms with van der Waals surface area (Å²) >= 11 is 1.63. The average Bonchev–Trinajstić information content (AvgIpc) is 3.03. The summed E-state index contributed by atoms with van der Waals surface area (Å²) in [6.07, 6.45) is 6.29. The Hall–Kier alpha value is -2.83. The summed E-state index contributed by atoms with van der Waals surface area (Å²) in [7, 11) is 1.69. The number of benzene rings is 2. The van der Waals surface area contributed by atoms with Crippen LogP contribution in [0.3, 0.4) is 0 Å². The zero-order valence-corrected chi connectivity index (χ0v) is 18.0. The highest BCUT2D eigenvalue weighted by molar-refractivity contribution is 7.15. The van der Waals surface area contributed by atoms with Crippen molar-refractivity contribution in [2.24, 2.45) is 0 Å². The first-order valence-electron chi connectivity index (χ1n) is 10.2. The third-order valence-electron chi connectivity index (χ3n) is 5.23. The molecule has 0 amide bonds. The van der Waals surface area contributed by atoms with Crippen molar-refractivity contribution in [3.05, 3.63) is 76.3 Å². The molecule has 1 aromatic heterocycles. The van der Waals surface area contributed by atoms with Crippen molar-refractivity contribution >= 4 is 22.5 Å². The Morgan fingerprint density at radius 3 is 2.77 bits per heavy atom. The van der Waals surface area contributed by atoms with Crippen molar-refractivity contribution < 1.29 is 9.47 Å². The van der Waals surface area contributed by atoms with Crippen molar-refractivity contribution in [1.82, 2.24) is 9.88 Å². The first kappa shape index (κ1) is 20.4. The van der Waals surface area contributed by atoms with Gasteiger partial charge in [0.05, 0.1) is 12.8 Å². The molecule has 0 saturated heterocycles.